The first-order valence-corrected chi connectivity index (χ1v) is 13.9. The zero-order valence-electron chi connectivity index (χ0n) is 20.4. The third kappa shape index (κ3) is 5.98. The lowest BCUT2D eigenvalue weighted by molar-refractivity contribution is 0.587. The highest BCUT2D eigenvalue weighted by molar-refractivity contribution is 7.93. The van der Waals surface area contributed by atoms with Gasteiger partial charge in [0.2, 0.25) is 0 Å². The third-order valence-electron chi connectivity index (χ3n) is 5.48. The minimum absolute atomic E-state index is 0.0935. The zero-order chi connectivity index (χ0) is 25.4. The fourth-order valence-corrected chi connectivity index (χ4v) is 5.50. The molecule has 0 amide bonds. The summed E-state index contributed by atoms with van der Waals surface area (Å²) in [6.07, 6.45) is 0. The van der Waals surface area contributed by atoms with Crippen molar-refractivity contribution in [3.05, 3.63) is 83.9 Å². The molecule has 0 spiro atoms. The molecule has 0 unspecified atom stereocenters. The van der Waals surface area contributed by atoms with Crippen molar-refractivity contribution < 1.29 is 16.8 Å². The number of sulfonamides is 2. The lowest BCUT2D eigenvalue weighted by Gasteiger charge is -2.20. The predicted molar refractivity (Wildman–Crippen MR) is 138 cm³/mol. The SMILES string of the molecule is CC(C)(C)c1ccc(S(=O)(=O)Nc2ccccc2NS(=O)(=O)c2ccc(C(C)(C)C)cc2)cc1. The summed E-state index contributed by atoms with van der Waals surface area (Å²) in [4.78, 5) is 0.187. The van der Waals surface area contributed by atoms with Crippen molar-refractivity contribution in [1.29, 1.82) is 0 Å². The normalized spacial score (nSPS) is 12.9. The maximum absolute atomic E-state index is 13.0. The summed E-state index contributed by atoms with van der Waals surface area (Å²) in [5.74, 6) is 0. The summed E-state index contributed by atoms with van der Waals surface area (Å²) >= 11 is 0. The molecule has 0 bridgehead atoms. The average molecular weight is 501 g/mol. The molecule has 8 heteroatoms. The van der Waals surface area contributed by atoms with Crippen LogP contribution in [0.5, 0.6) is 0 Å². The zero-order valence-corrected chi connectivity index (χ0v) is 22.0. The van der Waals surface area contributed by atoms with Gasteiger partial charge in [0.15, 0.2) is 0 Å². The van der Waals surface area contributed by atoms with E-state index >= 15 is 0 Å². The van der Waals surface area contributed by atoms with Crippen molar-refractivity contribution in [2.45, 2.75) is 62.2 Å². The molecule has 0 atom stereocenters. The van der Waals surface area contributed by atoms with Crippen LogP contribution < -0.4 is 9.44 Å². The first kappa shape index (κ1) is 25.8. The number of benzene rings is 3. The molecule has 34 heavy (non-hydrogen) atoms. The van der Waals surface area contributed by atoms with Gasteiger partial charge in [0, 0.05) is 0 Å². The van der Waals surface area contributed by atoms with E-state index in [0.717, 1.165) is 11.1 Å². The van der Waals surface area contributed by atoms with Crippen LogP contribution in [0.4, 0.5) is 11.4 Å². The Balaban J connectivity index is 1.87. The lowest BCUT2D eigenvalue weighted by atomic mass is 9.87. The first-order valence-electron chi connectivity index (χ1n) is 11.0. The predicted octanol–water partition coefficient (Wildman–Crippen LogP) is 5.88. The molecule has 6 nitrogen and oxygen atoms in total. The van der Waals surface area contributed by atoms with Gasteiger partial charge in [-0.3, -0.25) is 9.44 Å². The van der Waals surface area contributed by atoms with Gasteiger partial charge in [0.05, 0.1) is 21.2 Å². The van der Waals surface area contributed by atoms with E-state index < -0.39 is 20.0 Å². The molecule has 0 aliphatic heterocycles. The summed E-state index contributed by atoms with van der Waals surface area (Å²) in [6, 6.07) is 19.6. The van der Waals surface area contributed by atoms with Crippen LogP contribution in [-0.4, -0.2) is 16.8 Å². The van der Waals surface area contributed by atoms with Crippen molar-refractivity contribution in [3.63, 3.8) is 0 Å². The van der Waals surface area contributed by atoms with Crippen molar-refractivity contribution in [3.8, 4) is 0 Å². The molecule has 3 aromatic rings. The second-order valence-electron chi connectivity index (χ2n) is 10.3. The van der Waals surface area contributed by atoms with Gasteiger partial charge in [-0.05, 0) is 58.4 Å². The Morgan fingerprint density at radius 2 is 0.794 bits per heavy atom. The first-order chi connectivity index (χ1) is 15.6. The standard InChI is InChI=1S/C26H32N2O4S2/c1-25(2,3)19-11-15-21(16-12-19)33(29,30)27-23-9-7-8-10-24(23)28-34(31,32)22-17-13-20(14-18-22)26(4,5)6/h7-18,27-28H,1-6H3. The molecule has 0 aliphatic rings. The fraction of sp³-hybridized carbons (Fsp3) is 0.308. The Morgan fingerprint density at radius 3 is 1.06 bits per heavy atom. The van der Waals surface area contributed by atoms with Gasteiger partial charge in [0.25, 0.3) is 20.0 Å². The highest BCUT2D eigenvalue weighted by Crippen LogP contribution is 2.29. The molecule has 182 valence electrons. The van der Waals surface area contributed by atoms with Gasteiger partial charge in [-0.15, -0.1) is 0 Å². The monoisotopic (exact) mass is 500 g/mol. The second-order valence-corrected chi connectivity index (χ2v) is 13.7. The Bertz CT molecular complexity index is 1260. The summed E-state index contributed by atoms with van der Waals surface area (Å²) in [5.41, 5.74) is 2.08. The van der Waals surface area contributed by atoms with Crippen molar-refractivity contribution in [2.75, 3.05) is 9.44 Å². The van der Waals surface area contributed by atoms with Gasteiger partial charge in [0.1, 0.15) is 0 Å². The van der Waals surface area contributed by atoms with Crippen LogP contribution in [-0.2, 0) is 30.9 Å². The van der Waals surface area contributed by atoms with E-state index in [9.17, 15) is 16.8 Å². The number of hydrogen-bond acceptors (Lipinski definition) is 4. The largest absolute Gasteiger partial charge is 0.277 e. The maximum Gasteiger partial charge on any atom is 0.261 e. The van der Waals surface area contributed by atoms with Crippen LogP contribution in [0.3, 0.4) is 0 Å². The van der Waals surface area contributed by atoms with E-state index in [4.69, 9.17) is 0 Å². The van der Waals surface area contributed by atoms with Crippen LogP contribution in [0.2, 0.25) is 0 Å². The minimum Gasteiger partial charge on any atom is -0.277 e. The van der Waals surface area contributed by atoms with Crippen LogP contribution in [0, 0.1) is 0 Å². The summed E-state index contributed by atoms with van der Waals surface area (Å²) in [6.45, 7) is 12.3. The second kappa shape index (κ2) is 9.07. The van der Waals surface area contributed by atoms with Crippen molar-refractivity contribution in [1.82, 2.24) is 0 Å². The van der Waals surface area contributed by atoms with Gasteiger partial charge in [-0.2, -0.15) is 0 Å². The van der Waals surface area contributed by atoms with Crippen LogP contribution in [0.25, 0.3) is 0 Å². The molecule has 0 fully saturated rings. The van der Waals surface area contributed by atoms with Gasteiger partial charge in [-0.25, -0.2) is 16.8 Å². The van der Waals surface area contributed by atoms with E-state index in [1.165, 1.54) is 12.1 Å². The van der Waals surface area contributed by atoms with E-state index in [1.807, 2.05) is 41.5 Å². The Morgan fingerprint density at radius 1 is 0.500 bits per heavy atom. The number of rotatable bonds is 6. The van der Waals surface area contributed by atoms with Gasteiger partial charge in [-0.1, -0.05) is 77.9 Å². The molecule has 0 heterocycles. The maximum atomic E-state index is 13.0. The van der Waals surface area contributed by atoms with E-state index in [0.29, 0.717) is 0 Å². The summed E-state index contributed by atoms with van der Waals surface area (Å²) in [7, 11) is -7.85. The van der Waals surface area contributed by atoms with E-state index in [1.54, 1.807) is 60.7 Å². The lowest BCUT2D eigenvalue weighted by Crippen LogP contribution is -2.18. The molecule has 0 radical (unpaired) electrons. The Kier molecular flexibility index (Phi) is 6.88. The van der Waals surface area contributed by atoms with Crippen LogP contribution in [0.1, 0.15) is 52.7 Å². The molecule has 2 N–H and O–H groups in total. The van der Waals surface area contributed by atoms with E-state index in [-0.39, 0.29) is 32.0 Å². The Labute approximate surface area is 203 Å². The molecule has 0 saturated heterocycles. The number of nitrogens with one attached hydrogen (secondary N) is 2. The molecular formula is C26H32N2O4S2. The van der Waals surface area contributed by atoms with Crippen molar-refractivity contribution in [2.24, 2.45) is 0 Å². The molecule has 0 aliphatic carbocycles. The number of para-hydroxylation sites is 2. The average Bonchev–Trinajstić information content (AvgIpc) is 2.74. The number of anilines is 2. The molecule has 0 saturated carbocycles. The van der Waals surface area contributed by atoms with Crippen LogP contribution in [0.15, 0.2) is 82.6 Å². The quantitative estimate of drug-likeness (QED) is 0.442. The number of hydrogen-bond donors (Lipinski definition) is 2. The minimum atomic E-state index is -3.93. The fourth-order valence-electron chi connectivity index (χ4n) is 3.34. The van der Waals surface area contributed by atoms with E-state index in [2.05, 4.69) is 9.44 Å². The third-order valence-corrected chi connectivity index (χ3v) is 8.24. The van der Waals surface area contributed by atoms with Crippen molar-refractivity contribution >= 4 is 31.4 Å². The topological polar surface area (TPSA) is 92.3 Å². The highest BCUT2D eigenvalue weighted by Gasteiger charge is 2.22. The molecular weight excluding hydrogens is 468 g/mol. The molecule has 3 rings (SSSR count). The summed E-state index contributed by atoms with van der Waals surface area (Å²) < 4.78 is 57.0. The van der Waals surface area contributed by atoms with Gasteiger partial charge < -0.3 is 0 Å². The highest BCUT2D eigenvalue weighted by atomic mass is 32.2. The summed E-state index contributed by atoms with van der Waals surface area (Å²) in [5, 5.41) is 0. The smallest absolute Gasteiger partial charge is 0.261 e. The van der Waals surface area contributed by atoms with Gasteiger partial charge >= 0.3 is 0 Å². The Hall–Kier alpha value is -2.84. The molecule has 3 aromatic carbocycles. The van der Waals surface area contributed by atoms with Crippen LogP contribution >= 0.6 is 0 Å². The molecule has 0 aromatic heterocycles.